The van der Waals surface area contributed by atoms with Crippen LogP contribution in [-0.4, -0.2) is 14.9 Å². The molecule has 0 aliphatic carbocycles. The largest absolute Gasteiger partial charge is 0.302 e. The summed E-state index contributed by atoms with van der Waals surface area (Å²) in [5.74, 6) is 0. The summed E-state index contributed by atoms with van der Waals surface area (Å²) in [5.41, 5.74) is -0.0869. The zero-order valence-corrected chi connectivity index (χ0v) is 11.9. The molecular formula is C10H5BrClN3O2S. The SMILES string of the molecule is O=[N+]([O-])c1cc(Br)cnc1Sc1ncccc1Cl. The number of pyridine rings is 2. The van der Waals surface area contributed by atoms with Crippen molar-refractivity contribution in [2.75, 3.05) is 0 Å². The fourth-order valence-electron chi connectivity index (χ4n) is 1.16. The molecular weight excluding hydrogens is 342 g/mol. The second-order valence-corrected chi connectivity index (χ2v) is 5.43. The first-order chi connectivity index (χ1) is 8.58. The van der Waals surface area contributed by atoms with Gasteiger partial charge >= 0.3 is 5.69 Å². The van der Waals surface area contributed by atoms with Gasteiger partial charge in [-0.05, 0) is 39.8 Å². The summed E-state index contributed by atoms with van der Waals surface area (Å²) < 4.78 is 0.547. The molecule has 0 radical (unpaired) electrons. The highest BCUT2D eigenvalue weighted by Gasteiger charge is 2.18. The maximum Gasteiger partial charge on any atom is 0.302 e. The van der Waals surface area contributed by atoms with E-state index in [2.05, 4.69) is 25.9 Å². The molecule has 0 unspecified atom stereocenters. The Morgan fingerprint density at radius 2 is 2.17 bits per heavy atom. The maximum absolute atomic E-state index is 10.9. The predicted molar refractivity (Wildman–Crippen MR) is 72.0 cm³/mol. The summed E-state index contributed by atoms with van der Waals surface area (Å²) in [6, 6.07) is 4.75. The van der Waals surface area contributed by atoms with Crippen molar-refractivity contribution in [3.63, 3.8) is 0 Å². The van der Waals surface area contributed by atoms with E-state index < -0.39 is 4.92 Å². The van der Waals surface area contributed by atoms with Gasteiger partial charge in [-0.1, -0.05) is 11.6 Å². The third kappa shape index (κ3) is 2.98. The summed E-state index contributed by atoms with van der Waals surface area (Å²) in [5, 5.41) is 12.1. The molecule has 5 nitrogen and oxygen atoms in total. The van der Waals surface area contributed by atoms with E-state index in [0.29, 0.717) is 14.5 Å². The highest BCUT2D eigenvalue weighted by Crippen LogP contribution is 2.36. The van der Waals surface area contributed by atoms with Crippen molar-refractivity contribution in [1.29, 1.82) is 0 Å². The summed E-state index contributed by atoms with van der Waals surface area (Å²) in [4.78, 5) is 18.5. The molecule has 0 aliphatic rings. The Kier molecular flexibility index (Phi) is 4.15. The molecule has 0 aromatic carbocycles. The average Bonchev–Trinajstić information content (AvgIpc) is 2.34. The second-order valence-electron chi connectivity index (χ2n) is 3.13. The summed E-state index contributed by atoms with van der Waals surface area (Å²) in [6.45, 7) is 0. The molecule has 0 fully saturated rings. The first-order valence-corrected chi connectivity index (χ1v) is 6.65. The standard InChI is InChI=1S/C10H5BrClN3O2S/c11-6-4-8(15(16)17)10(14-5-6)18-9-7(12)2-1-3-13-9/h1-5H. The summed E-state index contributed by atoms with van der Waals surface area (Å²) in [7, 11) is 0. The van der Waals surface area contributed by atoms with Gasteiger partial charge in [0.15, 0.2) is 5.03 Å². The zero-order valence-electron chi connectivity index (χ0n) is 8.71. The van der Waals surface area contributed by atoms with Crippen LogP contribution in [0.15, 0.2) is 45.1 Å². The van der Waals surface area contributed by atoms with Crippen molar-refractivity contribution in [3.8, 4) is 0 Å². The molecule has 2 aromatic rings. The molecule has 0 saturated carbocycles. The minimum Gasteiger partial charge on any atom is -0.258 e. The van der Waals surface area contributed by atoms with Crippen LogP contribution in [0.25, 0.3) is 0 Å². The fraction of sp³-hybridized carbons (Fsp3) is 0. The topological polar surface area (TPSA) is 68.9 Å². The second kappa shape index (κ2) is 5.64. The van der Waals surface area contributed by atoms with Gasteiger partial charge in [-0.3, -0.25) is 10.1 Å². The van der Waals surface area contributed by atoms with Crippen LogP contribution in [0.3, 0.4) is 0 Å². The van der Waals surface area contributed by atoms with E-state index >= 15 is 0 Å². The Labute approximate surface area is 120 Å². The maximum atomic E-state index is 10.9. The molecule has 0 atom stereocenters. The highest BCUT2D eigenvalue weighted by atomic mass is 79.9. The molecule has 8 heteroatoms. The highest BCUT2D eigenvalue weighted by molar-refractivity contribution is 9.10. The van der Waals surface area contributed by atoms with Gasteiger partial charge in [0, 0.05) is 22.9 Å². The van der Waals surface area contributed by atoms with Crippen LogP contribution in [0.2, 0.25) is 5.02 Å². The van der Waals surface area contributed by atoms with Crippen molar-refractivity contribution in [2.45, 2.75) is 10.1 Å². The fourth-order valence-corrected chi connectivity index (χ4v) is 2.53. The third-order valence-electron chi connectivity index (χ3n) is 1.91. The van der Waals surface area contributed by atoms with Gasteiger partial charge in [-0.25, -0.2) is 9.97 Å². The molecule has 18 heavy (non-hydrogen) atoms. The Balaban J connectivity index is 2.41. The molecule has 0 N–H and O–H groups in total. The summed E-state index contributed by atoms with van der Waals surface area (Å²) >= 11 is 10.2. The lowest BCUT2D eigenvalue weighted by atomic mass is 10.4. The van der Waals surface area contributed by atoms with E-state index in [0.717, 1.165) is 11.8 Å². The molecule has 2 aromatic heterocycles. The van der Waals surface area contributed by atoms with Crippen molar-refractivity contribution in [1.82, 2.24) is 9.97 Å². The molecule has 0 aliphatic heterocycles. The monoisotopic (exact) mass is 345 g/mol. The quantitative estimate of drug-likeness (QED) is 0.621. The number of nitrogens with zero attached hydrogens (tertiary/aromatic N) is 3. The normalized spacial score (nSPS) is 10.3. The van der Waals surface area contributed by atoms with E-state index in [-0.39, 0.29) is 10.7 Å². The van der Waals surface area contributed by atoms with Gasteiger partial charge in [0.2, 0.25) is 0 Å². The van der Waals surface area contributed by atoms with Crippen LogP contribution in [-0.2, 0) is 0 Å². The van der Waals surface area contributed by atoms with Crippen molar-refractivity contribution in [3.05, 3.63) is 50.2 Å². The van der Waals surface area contributed by atoms with E-state index in [9.17, 15) is 10.1 Å². The lowest BCUT2D eigenvalue weighted by Gasteiger charge is -2.03. The van der Waals surface area contributed by atoms with Crippen LogP contribution in [0.5, 0.6) is 0 Å². The smallest absolute Gasteiger partial charge is 0.258 e. The van der Waals surface area contributed by atoms with Crippen LogP contribution in [0.4, 0.5) is 5.69 Å². The molecule has 0 amide bonds. The molecule has 0 spiro atoms. The zero-order chi connectivity index (χ0) is 13.1. The van der Waals surface area contributed by atoms with Gasteiger partial charge in [0.1, 0.15) is 5.03 Å². The minimum atomic E-state index is -0.489. The van der Waals surface area contributed by atoms with Gasteiger partial charge in [0.05, 0.1) is 9.95 Å². The van der Waals surface area contributed by atoms with Gasteiger partial charge < -0.3 is 0 Å². The first kappa shape index (κ1) is 13.3. The number of aromatic nitrogens is 2. The lowest BCUT2D eigenvalue weighted by Crippen LogP contribution is -1.94. The molecule has 2 rings (SSSR count). The van der Waals surface area contributed by atoms with E-state index in [1.807, 2.05) is 0 Å². The predicted octanol–water partition coefficient (Wildman–Crippen LogP) is 3.95. The third-order valence-corrected chi connectivity index (χ3v) is 3.79. The van der Waals surface area contributed by atoms with Gasteiger partial charge in [-0.15, -0.1) is 0 Å². The number of nitro groups is 1. The Morgan fingerprint density at radius 3 is 2.83 bits per heavy atom. The number of halogens is 2. The van der Waals surface area contributed by atoms with Crippen molar-refractivity contribution < 1.29 is 4.92 Å². The van der Waals surface area contributed by atoms with E-state index in [1.165, 1.54) is 12.3 Å². The number of rotatable bonds is 3. The van der Waals surface area contributed by atoms with Crippen LogP contribution >= 0.6 is 39.3 Å². The molecule has 0 saturated heterocycles. The van der Waals surface area contributed by atoms with Gasteiger partial charge in [-0.2, -0.15) is 0 Å². The van der Waals surface area contributed by atoms with Crippen LogP contribution in [0.1, 0.15) is 0 Å². The molecule has 0 bridgehead atoms. The first-order valence-electron chi connectivity index (χ1n) is 4.66. The Morgan fingerprint density at radius 1 is 1.39 bits per heavy atom. The molecule has 92 valence electrons. The summed E-state index contributed by atoms with van der Waals surface area (Å²) in [6.07, 6.45) is 3.06. The average molecular weight is 347 g/mol. The van der Waals surface area contributed by atoms with E-state index in [4.69, 9.17) is 11.6 Å². The van der Waals surface area contributed by atoms with E-state index in [1.54, 1.807) is 18.3 Å². The van der Waals surface area contributed by atoms with Crippen LogP contribution in [0, 0.1) is 10.1 Å². The minimum absolute atomic E-state index is 0.0869. The number of hydrogen-bond donors (Lipinski definition) is 0. The Hall–Kier alpha value is -1.18. The van der Waals surface area contributed by atoms with Gasteiger partial charge in [0.25, 0.3) is 0 Å². The lowest BCUT2D eigenvalue weighted by molar-refractivity contribution is -0.388. The van der Waals surface area contributed by atoms with Crippen molar-refractivity contribution in [2.24, 2.45) is 0 Å². The number of hydrogen-bond acceptors (Lipinski definition) is 5. The van der Waals surface area contributed by atoms with Crippen LogP contribution < -0.4 is 0 Å². The Bertz CT molecular complexity index is 611. The van der Waals surface area contributed by atoms with Crippen molar-refractivity contribution >= 4 is 45.0 Å². The molecule has 2 heterocycles.